The predicted octanol–water partition coefficient (Wildman–Crippen LogP) is 2.57. The van der Waals surface area contributed by atoms with Gasteiger partial charge in [-0.05, 0) is 24.1 Å². The highest BCUT2D eigenvalue weighted by atomic mass is 32.2. The highest BCUT2D eigenvalue weighted by molar-refractivity contribution is 7.99. The summed E-state index contributed by atoms with van der Waals surface area (Å²) in [4.78, 5) is 16.3. The van der Waals surface area contributed by atoms with Gasteiger partial charge in [-0.25, -0.2) is 9.37 Å². The molecule has 7 heteroatoms. The average Bonchev–Trinajstić information content (AvgIpc) is 3.07. The number of hydrogen-bond acceptors (Lipinski definition) is 4. The number of imidazole rings is 1. The number of rotatable bonds is 4. The van der Waals surface area contributed by atoms with E-state index in [1.807, 2.05) is 4.57 Å². The summed E-state index contributed by atoms with van der Waals surface area (Å²) in [6.07, 6.45) is 0.766. The van der Waals surface area contributed by atoms with Crippen molar-refractivity contribution in [2.75, 3.05) is 11.1 Å². The lowest BCUT2D eigenvalue weighted by molar-refractivity contribution is -0.116. The zero-order valence-electron chi connectivity index (χ0n) is 11.7. The molecule has 1 aromatic carbocycles. The third-order valence-electron chi connectivity index (χ3n) is 3.40. The van der Waals surface area contributed by atoms with E-state index >= 15 is 0 Å². The van der Waals surface area contributed by atoms with Gasteiger partial charge in [0.25, 0.3) is 0 Å². The second kappa shape index (κ2) is 6.20. The van der Waals surface area contributed by atoms with Gasteiger partial charge in [0.15, 0.2) is 16.7 Å². The number of fused-ring (bicyclic) bond motifs is 1. The lowest BCUT2D eigenvalue weighted by atomic mass is 10.1. The van der Waals surface area contributed by atoms with Crippen LogP contribution in [0.1, 0.15) is 17.7 Å². The second-order valence-electron chi connectivity index (χ2n) is 4.88. The van der Waals surface area contributed by atoms with Gasteiger partial charge < -0.3 is 9.88 Å². The Bertz CT molecular complexity index is 748. The Kier molecular flexibility index (Phi) is 4.11. The van der Waals surface area contributed by atoms with Crippen molar-refractivity contribution >= 4 is 23.5 Å². The first kappa shape index (κ1) is 14.6. The molecule has 0 atom stereocenters. The Morgan fingerprint density at radius 3 is 2.95 bits per heavy atom. The van der Waals surface area contributed by atoms with Gasteiger partial charge in [-0.15, -0.1) is 0 Å². The van der Waals surface area contributed by atoms with Crippen LogP contribution in [-0.2, 0) is 17.8 Å². The molecule has 0 radical (unpaired) electrons. The molecule has 1 aliphatic heterocycles. The van der Waals surface area contributed by atoms with E-state index in [2.05, 4.69) is 16.4 Å². The molecule has 3 rings (SSSR count). The highest BCUT2D eigenvalue weighted by Crippen LogP contribution is 2.30. The first-order chi connectivity index (χ1) is 10.7. The van der Waals surface area contributed by atoms with Crippen LogP contribution in [0.25, 0.3) is 0 Å². The smallest absolute Gasteiger partial charge is 0.225 e. The van der Waals surface area contributed by atoms with Crippen LogP contribution in [0.5, 0.6) is 0 Å². The number of halogens is 1. The normalized spacial score (nSPS) is 12.7. The van der Waals surface area contributed by atoms with Gasteiger partial charge in [0.2, 0.25) is 5.91 Å². The summed E-state index contributed by atoms with van der Waals surface area (Å²) in [6.45, 7) is 0.737. The van der Waals surface area contributed by atoms with E-state index < -0.39 is 0 Å². The molecule has 2 aromatic rings. The Morgan fingerprint density at radius 2 is 2.23 bits per heavy atom. The van der Waals surface area contributed by atoms with Crippen LogP contribution in [0, 0.1) is 17.1 Å². The van der Waals surface area contributed by atoms with Crippen LogP contribution in [-0.4, -0.2) is 21.2 Å². The molecule has 0 bridgehead atoms. The highest BCUT2D eigenvalue weighted by Gasteiger charge is 2.22. The zero-order chi connectivity index (χ0) is 15.5. The van der Waals surface area contributed by atoms with Gasteiger partial charge >= 0.3 is 0 Å². The van der Waals surface area contributed by atoms with E-state index in [9.17, 15) is 14.4 Å². The van der Waals surface area contributed by atoms with Crippen LogP contribution in [0.2, 0.25) is 0 Å². The van der Waals surface area contributed by atoms with E-state index in [1.165, 1.54) is 12.1 Å². The van der Waals surface area contributed by atoms with Crippen molar-refractivity contribution < 1.29 is 9.18 Å². The third kappa shape index (κ3) is 2.97. The van der Waals surface area contributed by atoms with Crippen LogP contribution in [0.15, 0.2) is 29.4 Å². The van der Waals surface area contributed by atoms with Crippen molar-refractivity contribution in [3.63, 3.8) is 0 Å². The second-order valence-corrected chi connectivity index (χ2v) is 5.94. The van der Waals surface area contributed by atoms with Gasteiger partial charge in [0.1, 0.15) is 11.9 Å². The number of nitrogens with one attached hydrogen (secondary N) is 1. The molecule has 0 fully saturated rings. The van der Waals surface area contributed by atoms with Crippen molar-refractivity contribution in [1.29, 1.82) is 5.26 Å². The molecule has 0 aliphatic carbocycles. The largest absolute Gasteiger partial charge is 0.308 e. The number of carbonyl (C=O) groups is 1. The van der Waals surface area contributed by atoms with Gasteiger partial charge in [0, 0.05) is 18.7 Å². The summed E-state index contributed by atoms with van der Waals surface area (Å²) in [5, 5.41) is 12.7. The van der Waals surface area contributed by atoms with Gasteiger partial charge in [0.05, 0.1) is 0 Å². The van der Waals surface area contributed by atoms with Crippen molar-refractivity contribution in [3.05, 3.63) is 41.3 Å². The fourth-order valence-electron chi connectivity index (χ4n) is 2.28. The summed E-state index contributed by atoms with van der Waals surface area (Å²) in [5.74, 6) is 0.726. The summed E-state index contributed by atoms with van der Waals surface area (Å²) in [5.41, 5.74) is 1.29. The Labute approximate surface area is 131 Å². The maximum atomic E-state index is 12.8. The summed E-state index contributed by atoms with van der Waals surface area (Å²) < 4.78 is 14.6. The number of carbonyl (C=O) groups excluding carboxylic acids is 1. The number of thioether (sulfide) groups is 1. The lowest BCUT2D eigenvalue weighted by Gasteiger charge is -2.04. The summed E-state index contributed by atoms with van der Waals surface area (Å²) in [6, 6.07) is 8.15. The van der Waals surface area contributed by atoms with Crippen LogP contribution in [0.3, 0.4) is 0 Å². The minimum absolute atomic E-state index is 0.206. The molecule has 1 aliphatic rings. The first-order valence-electron chi connectivity index (χ1n) is 6.85. The lowest BCUT2D eigenvalue weighted by Crippen LogP contribution is -2.14. The van der Waals surface area contributed by atoms with Crippen molar-refractivity contribution in [2.45, 2.75) is 24.5 Å². The molecule has 0 saturated heterocycles. The number of amides is 1. The number of nitrogens with zero attached hydrogens (tertiary/aromatic N) is 3. The molecule has 112 valence electrons. The third-order valence-corrected chi connectivity index (χ3v) is 4.35. The standard InChI is InChI=1S/C15H13FN4OS/c16-11-4-1-10(2-5-11)3-6-13(21)18-14-12(9-17)20-7-8-22-15(20)19-14/h1-2,4-5H,3,6-8H2,(H,18,21). The maximum Gasteiger partial charge on any atom is 0.225 e. The predicted molar refractivity (Wildman–Crippen MR) is 81.0 cm³/mol. The number of hydrogen-bond donors (Lipinski definition) is 1. The Hall–Kier alpha value is -2.33. The van der Waals surface area contributed by atoms with Crippen molar-refractivity contribution in [2.24, 2.45) is 0 Å². The Balaban J connectivity index is 1.63. The molecular weight excluding hydrogens is 303 g/mol. The monoisotopic (exact) mass is 316 g/mol. The summed E-state index contributed by atoms with van der Waals surface area (Å²) >= 11 is 1.57. The molecular formula is C15H13FN4OS. The van der Waals surface area contributed by atoms with Crippen LogP contribution < -0.4 is 5.32 Å². The van der Waals surface area contributed by atoms with E-state index in [0.29, 0.717) is 17.9 Å². The van der Waals surface area contributed by atoms with Crippen LogP contribution >= 0.6 is 11.8 Å². The average molecular weight is 316 g/mol. The number of aryl methyl sites for hydroxylation is 1. The van der Waals surface area contributed by atoms with E-state index in [-0.39, 0.29) is 18.1 Å². The topological polar surface area (TPSA) is 70.7 Å². The van der Waals surface area contributed by atoms with E-state index in [4.69, 9.17) is 0 Å². The molecule has 1 amide bonds. The molecule has 0 saturated carbocycles. The summed E-state index contributed by atoms with van der Waals surface area (Å²) in [7, 11) is 0. The van der Waals surface area contributed by atoms with Crippen molar-refractivity contribution in [3.8, 4) is 6.07 Å². The quantitative estimate of drug-likeness (QED) is 0.941. The molecule has 2 heterocycles. The van der Waals surface area contributed by atoms with E-state index in [1.54, 1.807) is 23.9 Å². The minimum atomic E-state index is -0.295. The van der Waals surface area contributed by atoms with Gasteiger partial charge in [-0.2, -0.15) is 5.26 Å². The SMILES string of the molecule is N#Cc1c(NC(=O)CCc2ccc(F)cc2)nc2n1CCS2. The molecule has 0 unspecified atom stereocenters. The van der Waals surface area contributed by atoms with Crippen LogP contribution in [0.4, 0.5) is 10.2 Å². The molecule has 5 nitrogen and oxygen atoms in total. The minimum Gasteiger partial charge on any atom is -0.308 e. The molecule has 0 spiro atoms. The number of nitriles is 1. The first-order valence-corrected chi connectivity index (χ1v) is 7.83. The number of aromatic nitrogens is 2. The fourth-order valence-corrected chi connectivity index (χ4v) is 3.23. The molecule has 1 aromatic heterocycles. The number of benzene rings is 1. The molecule has 1 N–H and O–H groups in total. The van der Waals surface area contributed by atoms with Crippen molar-refractivity contribution in [1.82, 2.24) is 9.55 Å². The van der Waals surface area contributed by atoms with Gasteiger partial charge in [-0.1, -0.05) is 23.9 Å². The fraction of sp³-hybridized carbons (Fsp3) is 0.267. The van der Waals surface area contributed by atoms with Gasteiger partial charge in [-0.3, -0.25) is 4.79 Å². The molecule has 22 heavy (non-hydrogen) atoms. The zero-order valence-corrected chi connectivity index (χ0v) is 12.5. The maximum absolute atomic E-state index is 12.8. The van der Waals surface area contributed by atoms with E-state index in [0.717, 1.165) is 23.0 Å². The number of anilines is 1. The Morgan fingerprint density at radius 1 is 1.45 bits per heavy atom.